The number of aromatic amines is 1. The van der Waals surface area contributed by atoms with E-state index in [4.69, 9.17) is 5.14 Å². The number of nitrogens with one attached hydrogen (secondary N) is 1. The number of thiazole rings is 1. The third-order valence-corrected chi connectivity index (χ3v) is 4.08. The van der Waals surface area contributed by atoms with Crippen LogP contribution in [0.1, 0.15) is 5.56 Å². The molecule has 0 unspecified atom stereocenters. The van der Waals surface area contributed by atoms with Crippen molar-refractivity contribution in [3.8, 4) is 0 Å². The van der Waals surface area contributed by atoms with Crippen LogP contribution in [0.25, 0.3) is 12.7 Å². The molecule has 0 amide bonds. The van der Waals surface area contributed by atoms with Crippen LogP contribution < -0.4 is 19.9 Å². The Balaban J connectivity index is 2.76. The van der Waals surface area contributed by atoms with Crippen molar-refractivity contribution in [2.24, 2.45) is 5.14 Å². The van der Waals surface area contributed by atoms with Gasteiger partial charge in [0.15, 0.2) is 0 Å². The number of H-pyrrole nitrogens is 1. The number of nitrogens with two attached hydrogens (primary N) is 1. The van der Waals surface area contributed by atoms with E-state index in [1.807, 2.05) is 0 Å². The number of hydrogen-bond donors (Lipinski definition) is 2. The van der Waals surface area contributed by atoms with Gasteiger partial charge in [0.2, 0.25) is 10.0 Å². The van der Waals surface area contributed by atoms with Gasteiger partial charge in [-0.05, 0) is 17.7 Å². The van der Waals surface area contributed by atoms with Crippen molar-refractivity contribution in [3.05, 3.63) is 49.4 Å². The van der Waals surface area contributed by atoms with Crippen molar-refractivity contribution in [3.63, 3.8) is 0 Å². The molecular weight excluding hydrogens is 272 g/mol. The zero-order chi connectivity index (χ0) is 13.3. The molecule has 5 nitrogen and oxygen atoms in total. The number of sulfonamides is 1. The third kappa shape index (κ3) is 2.58. The fraction of sp³-hybridized carbons (Fsp3) is 0. The van der Waals surface area contributed by atoms with Crippen LogP contribution in [0, 0.1) is 0 Å². The zero-order valence-corrected chi connectivity index (χ0v) is 10.8. The first-order chi connectivity index (χ1) is 8.38. The van der Waals surface area contributed by atoms with E-state index in [1.54, 1.807) is 18.2 Å². The van der Waals surface area contributed by atoms with Crippen LogP contribution in [0.5, 0.6) is 0 Å². The topological polar surface area (TPSA) is 93.0 Å². The molecule has 2 rings (SSSR count). The monoisotopic (exact) mass is 282 g/mol. The van der Waals surface area contributed by atoms with Crippen LogP contribution in [0.15, 0.2) is 34.0 Å². The van der Waals surface area contributed by atoms with Crippen LogP contribution in [0.2, 0.25) is 0 Å². The number of rotatable bonds is 2. The Morgan fingerprint density at radius 2 is 2.00 bits per heavy atom. The summed E-state index contributed by atoms with van der Waals surface area (Å²) in [5.41, 5.74) is 0.0848. The first-order valence-electron chi connectivity index (χ1n) is 4.89. The van der Waals surface area contributed by atoms with Gasteiger partial charge in [0.05, 0.1) is 14.1 Å². The van der Waals surface area contributed by atoms with E-state index in [1.165, 1.54) is 12.1 Å². The Morgan fingerprint density at radius 1 is 1.33 bits per heavy atom. The quantitative estimate of drug-likeness (QED) is 0.764. The van der Waals surface area contributed by atoms with Crippen molar-refractivity contribution in [2.45, 2.75) is 4.90 Å². The summed E-state index contributed by atoms with van der Waals surface area (Å²) < 4.78 is 23.7. The number of benzene rings is 1. The van der Waals surface area contributed by atoms with Gasteiger partial charge in [0, 0.05) is 0 Å². The first kappa shape index (κ1) is 12.7. The second-order valence-corrected chi connectivity index (χ2v) is 6.24. The molecule has 1 aromatic carbocycles. The molecule has 2 aromatic rings. The molecule has 7 heteroatoms. The van der Waals surface area contributed by atoms with E-state index in [0.29, 0.717) is 14.8 Å². The molecule has 94 valence electrons. The van der Waals surface area contributed by atoms with Gasteiger partial charge in [-0.15, -0.1) is 11.3 Å². The summed E-state index contributed by atoms with van der Waals surface area (Å²) in [6, 6.07) is 6.23. The largest absolute Gasteiger partial charge is 0.313 e. The van der Waals surface area contributed by atoms with E-state index in [0.717, 1.165) is 11.3 Å². The van der Waals surface area contributed by atoms with Gasteiger partial charge in [-0.3, -0.25) is 4.79 Å². The second-order valence-electron chi connectivity index (χ2n) is 3.57. The summed E-state index contributed by atoms with van der Waals surface area (Å²) in [6.07, 6.45) is 1.48. The van der Waals surface area contributed by atoms with Crippen molar-refractivity contribution in [2.75, 3.05) is 0 Å². The maximum Gasteiger partial charge on any atom is 0.266 e. The highest BCUT2D eigenvalue weighted by Gasteiger charge is 2.11. The Kier molecular flexibility index (Phi) is 3.20. The lowest BCUT2D eigenvalue weighted by Gasteiger charge is -2.01. The molecule has 0 spiro atoms. The Labute approximate surface area is 107 Å². The first-order valence-corrected chi connectivity index (χ1v) is 7.26. The molecule has 18 heavy (non-hydrogen) atoms. The Morgan fingerprint density at radius 3 is 2.56 bits per heavy atom. The van der Waals surface area contributed by atoms with Gasteiger partial charge in [-0.25, -0.2) is 13.6 Å². The molecular formula is C11H10N2O3S2. The van der Waals surface area contributed by atoms with Crippen molar-refractivity contribution in [1.82, 2.24) is 4.98 Å². The lowest BCUT2D eigenvalue weighted by molar-refractivity contribution is 0.597. The lowest BCUT2D eigenvalue weighted by atomic mass is 10.2. The molecule has 0 bridgehead atoms. The average molecular weight is 282 g/mol. The number of aromatic nitrogens is 1. The molecule has 0 radical (unpaired) electrons. The van der Waals surface area contributed by atoms with Gasteiger partial charge in [0.25, 0.3) is 5.56 Å². The second kappa shape index (κ2) is 4.52. The van der Waals surface area contributed by atoms with Crippen molar-refractivity contribution in [1.29, 1.82) is 0 Å². The minimum Gasteiger partial charge on any atom is -0.313 e. The van der Waals surface area contributed by atoms with E-state index in [2.05, 4.69) is 11.6 Å². The molecule has 0 saturated heterocycles. The van der Waals surface area contributed by atoms with E-state index < -0.39 is 10.0 Å². The molecule has 1 heterocycles. The Bertz CT molecular complexity index is 847. The highest BCUT2D eigenvalue weighted by atomic mass is 32.2. The molecule has 1 aromatic heterocycles. The van der Waals surface area contributed by atoms with Crippen LogP contribution in [0.3, 0.4) is 0 Å². The maximum atomic E-state index is 11.5. The van der Waals surface area contributed by atoms with E-state index in [9.17, 15) is 13.2 Å². The standard InChI is InChI=1S/C11H10N2O3S2/c1-7-13-11(14)9(17-7)6-8-4-2-3-5-10(8)18(12,15)16/h2-6H,1H2,(H,13,14)(H2,12,15,16)/b9-6-. The van der Waals surface area contributed by atoms with Gasteiger partial charge in [-0.1, -0.05) is 24.8 Å². The third-order valence-electron chi connectivity index (χ3n) is 2.22. The highest BCUT2D eigenvalue weighted by Crippen LogP contribution is 2.13. The summed E-state index contributed by atoms with van der Waals surface area (Å²) in [6.45, 7) is 3.61. The average Bonchev–Trinajstić information content (AvgIpc) is 2.57. The molecule has 0 aliphatic rings. The van der Waals surface area contributed by atoms with Gasteiger partial charge in [-0.2, -0.15) is 0 Å². The Hall–Kier alpha value is -1.70. The molecule has 0 fully saturated rings. The summed E-state index contributed by atoms with van der Waals surface area (Å²) in [4.78, 5) is 14.0. The van der Waals surface area contributed by atoms with Crippen LogP contribution in [-0.2, 0) is 10.0 Å². The molecule has 0 saturated carbocycles. The lowest BCUT2D eigenvalue weighted by Crippen LogP contribution is -2.20. The number of primary sulfonamides is 1. The molecule has 0 aliphatic carbocycles. The van der Waals surface area contributed by atoms with Crippen LogP contribution in [0.4, 0.5) is 0 Å². The van der Waals surface area contributed by atoms with Gasteiger partial charge < -0.3 is 4.98 Å². The maximum absolute atomic E-state index is 11.5. The minimum absolute atomic E-state index is 0.0107. The summed E-state index contributed by atoms with van der Waals surface area (Å²) in [5, 5.41) is 5.11. The molecule has 0 atom stereocenters. The smallest absolute Gasteiger partial charge is 0.266 e. The van der Waals surface area contributed by atoms with Crippen molar-refractivity contribution >= 4 is 34.0 Å². The summed E-state index contributed by atoms with van der Waals surface area (Å²) in [7, 11) is -3.81. The SMILES string of the molecule is C=c1[nH]c(=O)/c(=C/c2ccccc2S(N)(=O)=O)s1. The minimum atomic E-state index is -3.81. The zero-order valence-electron chi connectivity index (χ0n) is 9.21. The normalized spacial score (nSPS) is 12.8. The van der Waals surface area contributed by atoms with Gasteiger partial charge in [0.1, 0.15) is 0 Å². The summed E-state index contributed by atoms with van der Waals surface area (Å²) >= 11 is 1.16. The van der Waals surface area contributed by atoms with Crippen LogP contribution >= 0.6 is 11.3 Å². The number of hydrogen-bond acceptors (Lipinski definition) is 4. The molecule has 3 N–H and O–H groups in total. The van der Waals surface area contributed by atoms with Crippen molar-refractivity contribution < 1.29 is 8.42 Å². The highest BCUT2D eigenvalue weighted by molar-refractivity contribution is 7.89. The van der Waals surface area contributed by atoms with E-state index >= 15 is 0 Å². The predicted octanol–water partition coefficient (Wildman–Crippen LogP) is -0.677. The summed E-state index contributed by atoms with van der Waals surface area (Å²) in [5.74, 6) is 0. The fourth-order valence-corrected chi connectivity index (χ4v) is 2.95. The van der Waals surface area contributed by atoms with E-state index in [-0.39, 0.29) is 10.5 Å². The van der Waals surface area contributed by atoms with Gasteiger partial charge >= 0.3 is 0 Å². The fourth-order valence-electron chi connectivity index (χ4n) is 1.49. The predicted molar refractivity (Wildman–Crippen MR) is 71.1 cm³/mol. The van der Waals surface area contributed by atoms with Crippen LogP contribution in [-0.4, -0.2) is 13.4 Å². The molecule has 0 aliphatic heterocycles.